The number of aromatic carboxylic acids is 1. The summed E-state index contributed by atoms with van der Waals surface area (Å²) in [4.78, 5) is 15.1. The largest absolute Gasteiger partial charge is 0.478 e. The maximum absolute atomic E-state index is 11.8. The molecule has 94 valence electrons. The summed E-state index contributed by atoms with van der Waals surface area (Å²) in [7, 11) is -3.63. The van der Waals surface area contributed by atoms with Crippen molar-refractivity contribution in [2.24, 2.45) is 0 Å². The summed E-state index contributed by atoms with van der Waals surface area (Å²) < 4.78 is 23.6. The zero-order chi connectivity index (χ0) is 13.4. The van der Waals surface area contributed by atoms with Crippen LogP contribution < -0.4 is 0 Å². The molecule has 1 rings (SSSR count). The fraction of sp³-hybridized carbons (Fsp3) is 0.455. The zero-order valence-corrected chi connectivity index (χ0v) is 11.1. The Morgan fingerprint density at radius 2 is 1.76 bits per heavy atom. The molecule has 1 aromatic heterocycles. The molecule has 0 aliphatic heterocycles. The molecule has 1 aromatic rings. The molecule has 5 nitrogen and oxygen atoms in total. The van der Waals surface area contributed by atoms with Gasteiger partial charge in [0.1, 0.15) is 0 Å². The highest BCUT2D eigenvalue weighted by atomic mass is 32.2. The standard InChI is InChI=1S/C11H15NO4S/c1-5-17(15,16)10-9(11(13)14)7(3)6(2)8(4)12-10/h5H2,1-4H3,(H,13,14). The molecule has 0 fully saturated rings. The number of pyridine rings is 1. The maximum Gasteiger partial charge on any atom is 0.338 e. The molecule has 0 unspecified atom stereocenters. The number of rotatable bonds is 3. The minimum atomic E-state index is -3.63. The van der Waals surface area contributed by atoms with E-state index in [0.29, 0.717) is 16.8 Å². The van der Waals surface area contributed by atoms with Gasteiger partial charge in [-0.1, -0.05) is 6.92 Å². The Balaban J connectivity index is 3.79. The monoisotopic (exact) mass is 257 g/mol. The smallest absolute Gasteiger partial charge is 0.338 e. The van der Waals surface area contributed by atoms with Crippen LogP contribution in [0.2, 0.25) is 0 Å². The minimum Gasteiger partial charge on any atom is -0.478 e. The lowest BCUT2D eigenvalue weighted by atomic mass is 10.0. The normalized spacial score (nSPS) is 11.5. The van der Waals surface area contributed by atoms with E-state index in [4.69, 9.17) is 5.11 Å². The van der Waals surface area contributed by atoms with Crippen LogP contribution in [-0.2, 0) is 9.84 Å². The lowest BCUT2D eigenvalue weighted by molar-refractivity contribution is 0.0690. The molecule has 1 heterocycles. The van der Waals surface area contributed by atoms with Gasteiger partial charge in [-0.25, -0.2) is 18.2 Å². The van der Waals surface area contributed by atoms with E-state index in [2.05, 4.69) is 4.98 Å². The molecule has 0 atom stereocenters. The summed E-state index contributed by atoms with van der Waals surface area (Å²) >= 11 is 0. The van der Waals surface area contributed by atoms with Crippen molar-refractivity contribution >= 4 is 15.8 Å². The van der Waals surface area contributed by atoms with Gasteiger partial charge in [-0.2, -0.15) is 0 Å². The van der Waals surface area contributed by atoms with E-state index in [-0.39, 0.29) is 16.3 Å². The number of carbonyl (C=O) groups is 1. The summed E-state index contributed by atoms with van der Waals surface area (Å²) in [5.41, 5.74) is 1.49. The fourth-order valence-electron chi connectivity index (χ4n) is 1.52. The average molecular weight is 257 g/mol. The number of carboxylic acids is 1. The molecule has 0 saturated heterocycles. The van der Waals surface area contributed by atoms with Crippen molar-refractivity contribution in [2.45, 2.75) is 32.7 Å². The van der Waals surface area contributed by atoms with Gasteiger partial charge in [-0.05, 0) is 31.9 Å². The first-order valence-corrected chi connectivity index (χ1v) is 6.81. The number of aryl methyl sites for hydroxylation is 1. The fourth-order valence-corrected chi connectivity index (χ4v) is 2.63. The third-order valence-electron chi connectivity index (χ3n) is 2.85. The molecule has 0 aromatic carbocycles. The predicted octanol–water partition coefficient (Wildman–Crippen LogP) is 1.50. The first-order chi connectivity index (χ1) is 7.72. The Labute approximate surface area is 100 Å². The Morgan fingerprint density at radius 1 is 1.24 bits per heavy atom. The van der Waals surface area contributed by atoms with Crippen molar-refractivity contribution in [3.05, 3.63) is 22.4 Å². The summed E-state index contributed by atoms with van der Waals surface area (Å²) in [6.45, 7) is 6.46. The molecule has 0 bridgehead atoms. The van der Waals surface area contributed by atoms with Crippen molar-refractivity contribution in [3.8, 4) is 0 Å². The van der Waals surface area contributed by atoms with Crippen LogP contribution in [-0.4, -0.2) is 30.2 Å². The van der Waals surface area contributed by atoms with Crippen molar-refractivity contribution in [1.82, 2.24) is 4.98 Å². The van der Waals surface area contributed by atoms with Gasteiger partial charge >= 0.3 is 5.97 Å². The van der Waals surface area contributed by atoms with Gasteiger partial charge in [-0.15, -0.1) is 0 Å². The molecule has 0 aliphatic carbocycles. The number of hydrogen-bond acceptors (Lipinski definition) is 4. The highest BCUT2D eigenvalue weighted by Crippen LogP contribution is 2.23. The second-order valence-corrected chi connectivity index (χ2v) is 6.03. The molecule has 1 N–H and O–H groups in total. The van der Waals surface area contributed by atoms with Crippen LogP contribution in [0.25, 0.3) is 0 Å². The first kappa shape index (κ1) is 13.6. The number of aromatic nitrogens is 1. The van der Waals surface area contributed by atoms with Gasteiger partial charge in [0.2, 0.25) is 0 Å². The van der Waals surface area contributed by atoms with E-state index in [9.17, 15) is 13.2 Å². The van der Waals surface area contributed by atoms with E-state index in [1.54, 1.807) is 20.8 Å². The van der Waals surface area contributed by atoms with E-state index in [1.165, 1.54) is 6.92 Å². The molecule has 0 spiro atoms. The lowest BCUT2D eigenvalue weighted by Crippen LogP contribution is -2.16. The molecular weight excluding hydrogens is 242 g/mol. The van der Waals surface area contributed by atoms with Crippen molar-refractivity contribution in [1.29, 1.82) is 0 Å². The van der Waals surface area contributed by atoms with Crippen LogP contribution in [0.4, 0.5) is 0 Å². The summed E-state index contributed by atoms with van der Waals surface area (Å²) in [5, 5.41) is 8.79. The zero-order valence-electron chi connectivity index (χ0n) is 10.2. The van der Waals surface area contributed by atoms with Gasteiger partial charge in [0.05, 0.1) is 11.3 Å². The number of carboxylic acid groups (broad SMARTS) is 1. The molecule has 0 saturated carbocycles. The first-order valence-electron chi connectivity index (χ1n) is 5.16. The van der Waals surface area contributed by atoms with Crippen molar-refractivity contribution < 1.29 is 18.3 Å². The maximum atomic E-state index is 11.8. The Bertz CT molecular complexity index is 576. The molecule has 0 aliphatic rings. The van der Waals surface area contributed by atoms with Crippen LogP contribution in [0, 0.1) is 20.8 Å². The summed E-state index contributed by atoms with van der Waals surface area (Å²) in [6, 6.07) is 0. The van der Waals surface area contributed by atoms with E-state index in [0.717, 1.165) is 0 Å². The van der Waals surface area contributed by atoms with E-state index in [1.807, 2.05) is 0 Å². The van der Waals surface area contributed by atoms with E-state index < -0.39 is 15.8 Å². The summed E-state index contributed by atoms with van der Waals surface area (Å²) in [5.74, 6) is -1.42. The van der Waals surface area contributed by atoms with Gasteiger partial charge in [0, 0.05) is 5.69 Å². The van der Waals surface area contributed by atoms with Crippen LogP contribution in [0.15, 0.2) is 5.03 Å². The van der Waals surface area contributed by atoms with Gasteiger partial charge in [0.15, 0.2) is 14.9 Å². The Morgan fingerprint density at radius 3 is 2.18 bits per heavy atom. The van der Waals surface area contributed by atoms with Crippen LogP contribution >= 0.6 is 0 Å². The highest BCUT2D eigenvalue weighted by molar-refractivity contribution is 7.91. The quantitative estimate of drug-likeness (QED) is 0.887. The molecule has 0 amide bonds. The molecular formula is C11H15NO4S. The SMILES string of the molecule is CCS(=O)(=O)c1nc(C)c(C)c(C)c1C(=O)O. The number of nitrogens with zero attached hydrogens (tertiary/aromatic N) is 1. The second-order valence-electron chi connectivity index (χ2n) is 3.84. The third-order valence-corrected chi connectivity index (χ3v) is 4.50. The second kappa shape index (κ2) is 4.44. The molecule has 17 heavy (non-hydrogen) atoms. The predicted molar refractivity (Wildman–Crippen MR) is 63.1 cm³/mol. The van der Waals surface area contributed by atoms with Crippen LogP contribution in [0.1, 0.15) is 34.1 Å². The highest BCUT2D eigenvalue weighted by Gasteiger charge is 2.26. The summed E-state index contributed by atoms with van der Waals surface area (Å²) in [6.07, 6.45) is 0. The van der Waals surface area contributed by atoms with E-state index >= 15 is 0 Å². The topological polar surface area (TPSA) is 84.3 Å². The lowest BCUT2D eigenvalue weighted by Gasteiger charge is -2.12. The van der Waals surface area contributed by atoms with Crippen molar-refractivity contribution in [2.75, 3.05) is 5.75 Å². The van der Waals surface area contributed by atoms with Gasteiger partial charge in [0.25, 0.3) is 0 Å². The number of sulfone groups is 1. The van der Waals surface area contributed by atoms with Crippen LogP contribution in [0.3, 0.4) is 0 Å². The number of hydrogen-bond donors (Lipinski definition) is 1. The van der Waals surface area contributed by atoms with Crippen molar-refractivity contribution in [3.63, 3.8) is 0 Å². The molecule has 6 heteroatoms. The minimum absolute atomic E-state index is 0.164. The Hall–Kier alpha value is -1.43. The van der Waals surface area contributed by atoms with Crippen LogP contribution in [0.5, 0.6) is 0 Å². The third kappa shape index (κ3) is 2.31. The molecule has 0 radical (unpaired) electrons. The van der Waals surface area contributed by atoms with Gasteiger partial charge in [-0.3, -0.25) is 0 Å². The average Bonchev–Trinajstić information content (AvgIpc) is 2.24. The van der Waals surface area contributed by atoms with Gasteiger partial charge < -0.3 is 5.11 Å². The Kier molecular flexibility index (Phi) is 3.56.